The van der Waals surface area contributed by atoms with Gasteiger partial charge >= 0.3 is 6.18 Å². The zero-order valence-electron chi connectivity index (χ0n) is 16.7. The van der Waals surface area contributed by atoms with Gasteiger partial charge in [0.15, 0.2) is 0 Å². The zero-order chi connectivity index (χ0) is 23.3. The Morgan fingerprint density at radius 3 is 2.59 bits per heavy atom. The Balaban J connectivity index is 1.42. The number of carbonyl (C=O) groups is 1. The molecule has 2 atom stereocenters. The van der Waals surface area contributed by atoms with Crippen molar-refractivity contribution in [2.75, 3.05) is 0 Å². The molecule has 1 aliphatic rings. The maximum Gasteiger partial charge on any atom is 0.399 e. The molecule has 4 rings (SSSR count). The minimum absolute atomic E-state index is 0.0604. The first-order chi connectivity index (χ1) is 15.0. The number of amides is 1. The van der Waals surface area contributed by atoms with Crippen LogP contribution in [0.3, 0.4) is 0 Å². The molecule has 0 spiro atoms. The van der Waals surface area contributed by atoms with Crippen LogP contribution in [0.15, 0.2) is 30.6 Å². The van der Waals surface area contributed by atoms with Crippen LogP contribution in [-0.2, 0) is 16.6 Å². The van der Waals surface area contributed by atoms with Crippen molar-refractivity contribution in [1.29, 1.82) is 0 Å². The molecule has 32 heavy (non-hydrogen) atoms. The lowest BCUT2D eigenvalue weighted by molar-refractivity contribution is -0.159. The van der Waals surface area contributed by atoms with Gasteiger partial charge < -0.3 is 5.32 Å². The number of hydrogen-bond acceptors (Lipinski definition) is 4. The van der Waals surface area contributed by atoms with Gasteiger partial charge in [0.2, 0.25) is 5.91 Å². The summed E-state index contributed by atoms with van der Waals surface area (Å²) >= 11 is 0.986. The van der Waals surface area contributed by atoms with Gasteiger partial charge in [0.1, 0.15) is 5.41 Å². The summed E-state index contributed by atoms with van der Waals surface area (Å²) in [5.74, 6) is -0.401. The summed E-state index contributed by atoms with van der Waals surface area (Å²) in [7, 11) is 0. The van der Waals surface area contributed by atoms with Crippen molar-refractivity contribution in [2.45, 2.75) is 56.5 Å². The maximum atomic E-state index is 13.6. The molecule has 0 saturated heterocycles. The van der Waals surface area contributed by atoms with E-state index in [0.717, 1.165) is 11.3 Å². The largest absolute Gasteiger partial charge is 0.399 e. The van der Waals surface area contributed by atoms with Crippen LogP contribution in [0.2, 0.25) is 0 Å². The van der Waals surface area contributed by atoms with Crippen molar-refractivity contribution in [3.05, 3.63) is 46.0 Å². The van der Waals surface area contributed by atoms with Gasteiger partial charge in [-0.1, -0.05) is 0 Å². The third kappa shape index (κ3) is 4.07. The molecule has 3 aromatic rings. The van der Waals surface area contributed by atoms with Crippen LogP contribution >= 0.6 is 11.3 Å². The molecular weight excluding hydrogens is 458 g/mol. The molecule has 3 heterocycles. The maximum absolute atomic E-state index is 13.6. The van der Waals surface area contributed by atoms with Crippen LogP contribution in [0.1, 0.15) is 47.6 Å². The molecule has 0 bridgehead atoms. The molecule has 12 heteroatoms. The number of alkyl halides is 6. The van der Waals surface area contributed by atoms with Crippen molar-refractivity contribution in [3.8, 4) is 0 Å². The highest BCUT2D eigenvalue weighted by Gasteiger charge is 2.64. The van der Waals surface area contributed by atoms with E-state index in [4.69, 9.17) is 0 Å². The first-order valence-electron chi connectivity index (χ1n) is 9.72. The number of carbonyl (C=O) groups excluding carboxylic acids is 1. The first kappa shape index (κ1) is 22.6. The van der Waals surface area contributed by atoms with E-state index in [9.17, 15) is 31.1 Å². The van der Waals surface area contributed by atoms with Gasteiger partial charge in [-0.2, -0.15) is 18.3 Å². The number of fused-ring (bicyclic) bond motifs is 1. The van der Waals surface area contributed by atoms with E-state index in [1.165, 1.54) is 30.6 Å². The summed E-state index contributed by atoms with van der Waals surface area (Å²) in [4.78, 5) is 17.2. The number of aromatic nitrogens is 3. The SMILES string of the molecule is CC(NC(=O)Cc1ccc(C2(C(F)(F)F)CC2)s1)c1cc2cnn(C(F)C(F)F)c2cn1. The number of thiophene rings is 1. The van der Waals surface area contributed by atoms with Crippen molar-refractivity contribution >= 4 is 28.1 Å². The van der Waals surface area contributed by atoms with E-state index < -0.39 is 36.3 Å². The van der Waals surface area contributed by atoms with Gasteiger partial charge in [-0.15, -0.1) is 11.3 Å². The molecule has 2 unspecified atom stereocenters. The second kappa shape index (κ2) is 8.05. The highest BCUT2D eigenvalue weighted by atomic mass is 32.1. The summed E-state index contributed by atoms with van der Waals surface area (Å²) in [5, 5.41) is 6.73. The predicted octanol–water partition coefficient (Wildman–Crippen LogP) is 5.24. The lowest BCUT2D eigenvalue weighted by Crippen LogP contribution is -2.28. The standard InChI is InChI=1S/C20H18F6N4OS/c1-10(13-6-11-8-28-30(14(11)9-27-13)18(23)17(21)22)29-16(31)7-12-2-3-15(32-12)19(4-5-19)20(24,25)26/h2-3,6,8-10,17-18H,4-5,7H2,1H3,(H,29,31). The number of hydrogen-bond donors (Lipinski definition) is 1. The summed E-state index contributed by atoms with van der Waals surface area (Å²) in [6.07, 6.45) is -7.67. The van der Waals surface area contributed by atoms with Gasteiger partial charge in [0.25, 0.3) is 12.7 Å². The fraction of sp³-hybridized carbons (Fsp3) is 0.450. The molecule has 0 aliphatic heterocycles. The molecule has 1 amide bonds. The molecular formula is C20H18F6N4OS. The molecule has 0 aromatic carbocycles. The van der Waals surface area contributed by atoms with Crippen LogP contribution in [0, 0.1) is 0 Å². The van der Waals surface area contributed by atoms with E-state index in [1.54, 1.807) is 6.92 Å². The normalized spacial score (nSPS) is 17.5. The van der Waals surface area contributed by atoms with E-state index in [2.05, 4.69) is 15.4 Å². The average molecular weight is 476 g/mol. The smallest absolute Gasteiger partial charge is 0.348 e. The molecule has 1 N–H and O–H groups in total. The van der Waals surface area contributed by atoms with Crippen molar-refractivity contribution in [1.82, 2.24) is 20.1 Å². The Hall–Kier alpha value is -2.63. The highest BCUT2D eigenvalue weighted by molar-refractivity contribution is 7.12. The van der Waals surface area contributed by atoms with Crippen LogP contribution < -0.4 is 5.32 Å². The Labute approximate surface area is 182 Å². The second-order valence-electron chi connectivity index (χ2n) is 7.78. The summed E-state index contributed by atoms with van der Waals surface area (Å²) in [6, 6.07) is 3.90. The molecule has 3 aromatic heterocycles. The number of pyridine rings is 1. The van der Waals surface area contributed by atoms with Gasteiger partial charge in [0, 0.05) is 15.1 Å². The van der Waals surface area contributed by atoms with Crippen LogP contribution in [0.4, 0.5) is 26.3 Å². The third-order valence-electron chi connectivity index (χ3n) is 5.53. The lowest BCUT2D eigenvalue weighted by atomic mass is 10.1. The monoisotopic (exact) mass is 476 g/mol. The minimum atomic E-state index is -4.30. The van der Waals surface area contributed by atoms with E-state index in [-0.39, 0.29) is 29.7 Å². The zero-order valence-corrected chi connectivity index (χ0v) is 17.5. The Bertz CT molecular complexity index is 1140. The number of nitrogens with zero attached hydrogens (tertiary/aromatic N) is 3. The van der Waals surface area contributed by atoms with Gasteiger partial charge in [0.05, 0.1) is 36.1 Å². The predicted molar refractivity (Wildman–Crippen MR) is 105 cm³/mol. The third-order valence-corrected chi connectivity index (χ3v) is 6.82. The van der Waals surface area contributed by atoms with E-state index >= 15 is 0 Å². The molecule has 1 fully saturated rings. The van der Waals surface area contributed by atoms with E-state index in [0.29, 0.717) is 20.6 Å². The minimum Gasteiger partial charge on any atom is -0.348 e. The molecule has 1 saturated carbocycles. The fourth-order valence-electron chi connectivity index (χ4n) is 3.55. The molecule has 1 aliphatic carbocycles. The number of nitrogens with one attached hydrogen (secondary N) is 1. The lowest BCUT2D eigenvalue weighted by Gasteiger charge is -2.17. The van der Waals surface area contributed by atoms with Crippen molar-refractivity contribution < 1.29 is 31.1 Å². The quantitative estimate of drug-likeness (QED) is 0.475. The van der Waals surface area contributed by atoms with Gasteiger partial charge in [-0.3, -0.25) is 9.78 Å². The van der Waals surface area contributed by atoms with Crippen LogP contribution in [0.5, 0.6) is 0 Å². The molecule has 5 nitrogen and oxygen atoms in total. The number of halogens is 6. The van der Waals surface area contributed by atoms with Crippen molar-refractivity contribution in [2.24, 2.45) is 0 Å². The fourth-order valence-corrected chi connectivity index (χ4v) is 4.82. The summed E-state index contributed by atoms with van der Waals surface area (Å²) in [6.45, 7) is 1.65. The Morgan fingerprint density at radius 2 is 1.97 bits per heavy atom. The average Bonchev–Trinajstić information content (AvgIpc) is 3.25. The Morgan fingerprint density at radius 1 is 1.25 bits per heavy atom. The number of rotatable bonds is 7. The Kier molecular flexibility index (Phi) is 5.68. The van der Waals surface area contributed by atoms with Crippen molar-refractivity contribution in [3.63, 3.8) is 0 Å². The first-order valence-corrected chi connectivity index (χ1v) is 10.5. The van der Waals surface area contributed by atoms with Crippen LogP contribution in [-0.4, -0.2) is 33.3 Å². The van der Waals surface area contributed by atoms with E-state index in [1.807, 2.05) is 0 Å². The van der Waals surface area contributed by atoms with Gasteiger partial charge in [-0.25, -0.2) is 17.9 Å². The highest BCUT2D eigenvalue weighted by Crippen LogP contribution is 2.60. The molecule has 172 valence electrons. The summed E-state index contributed by atoms with van der Waals surface area (Å²) in [5.41, 5.74) is -1.28. The second-order valence-corrected chi connectivity index (χ2v) is 8.94. The molecule has 0 radical (unpaired) electrons. The topological polar surface area (TPSA) is 59.8 Å². The van der Waals surface area contributed by atoms with Crippen LogP contribution in [0.25, 0.3) is 10.9 Å². The van der Waals surface area contributed by atoms with Gasteiger partial charge in [-0.05, 0) is 38.0 Å². The summed E-state index contributed by atoms with van der Waals surface area (Å²) < 4.78 is 79.2.